The third-order valence-electron chi connectivity index (χ3n) is 5.57. The number of halogens is 3. The van der Waals surface area contributed by atoms with Gasteiger partial charge in [0, 0.05) is 17.7 Å². The van der Waals surface area contributed by atoms with Crippen molar-refractivity contribution in [2.45, 2.75) is 56.5 Å². The molecule has 1 aliphatic heterocycles. The molecule has 0 unspecified atom stereocenters. The second-order valence-corrected chi connectivity index (χ2v) is 7.58. The van der Waals surface area contributed by atoms with Gasteiger partial charge in [0.25, 0.3) is 0 Å². The molecule has 2 aromatic rings. The standard InChI is InChI=1S/C21H24F3NO5/c1-10-7-12(15-6-4-13(8-25-15)21(22,23)24)3-5-14(10)11(2)20-19(29)18(28)17(27)16(9-26)30-20/h3-8,11,16-20,26-29H,9H2,1-2H3/t11-,16-,17-,18+,19+,20-/m1/s1. The molecule has 1 aliphatic rings. The molecular formula is C21H24F3NO5. The highest BCUT2D eigenvalue weighted by Gasteiger charge is 2.45. The van der Waals surface area contributed by atoms with Crippen LogP contribution in [0.3, 0.4) is 0 Å². The van der Waals surface area contributed by atoms with Crippen molar-refractivity contribution in [2.75, 3.05) is 6.61 Å². The maximum absolute atomic E-state index is 12.7. The van der Waals surface area contributed by atoms with Gasteiger partial charge in [-0.15, -0.1) is 0 Å². The summed E-state index contributed by atoms with van der Waals surface area (Å²) in [5.41, 5.74) is 1.77. The molecule has 30 heavy (non-hydrogen) atoms. The molecule has 0 spiro atoms. The van der Waals surface area contributed by atoms with Gasteiger partial charge in [-0.2, -0.15) is 13.2 Å². The Morgan fingerprint density at radius 1 is 1.07 bits per heavy atom. The third kappa shape index (κ3) is 4.35. The Balaban J connectivity index is 1.84. The maximum atomic E-state index is 12.7. The van der Waals surface area contributed by atoms with Gasteiger partial charge in [-0.3, -0.25) is 4.98 Å². The van der Waals surface area contributed by atoms with E-state index >= 15 is 0 Å². The number of ether oxygens (including phenoxy) is 1. The van der Waals surface area contributed by atoms with E-state index in [2.05, 4.69) is 4.98 Å². The number of benzene rings is 1. The van der Waals surface area contributed by atoms with Crippen LogP contribution in [0, 0.1) is 6.92 Å². The lowest BCUT2D eigenvalue weighted by Crippen LogP contribution is -2.59. The summed E-state index contributed by atoms with van der Waals surface area (Å²) >= 11 is 0. The summed E-state index contributed by atoms with van der Waals surface area (Å²) < 4.78 is 43.8. The van der Waals surface area contributed by atoms with Crippen molar-refractivity contribution in [2.24, 2.45) is 0 Å². The fourth-order valence-corrected chi connectivity index (χ4v) is 3.80. The Morgan fingerprint density at radius 3 is 2.30 bits per heavy atom. The molecule has 1 aromatic carbocycles. The van der Waals surface area contributed by atoms with Crippen molar-refractivity contribution in [3.63, 3.8) is 0 Å². The molecular weight excluding hydrogens is 403 g/mol. The molecule has 6 nitrogen and oxygen atoms in total. The number of nitrogens with zero attached hydrogens (tertiary/aromatic N) is 1. The summed E-state index contributed by atoms with van der Waals surface area (Å²) in [6, 6.07) is 7.51. The van der Waals surface area contributed by atoms with Gasteiger partial charge in [-0.05, 0) is 36.2 Å². The molecule has 2 heterocycles. The average Bonchev–Trinajstić information content (AvgIpc) is 2.71. The van der Waals surface area contributed by atoms with Gasteiger partial charge in [0.05, 0.1) is 24.0 Å². The molecule has 1 fully saturated rings. The van der Waals surface area contributed by atoms with Gasteiger partial charge >= 0.3 is 6.18 Å². The lowest BCUT2D eigenvalue weighted by Gasteiger charge is -2.42. The van der Waals surface area contributed by atoms with Crippen LogP contribution in [0.5, 0.6) is 0 Å². The molecule has 4 N–H and O–H groups in total. The summed E-state index contributed by atoms with van der Waals surface area (Å²) in [5.74, 6) is -0.397. The molecule has 0 saturated carbocycles. The first-order chi connectivity index (χ1) is 14.0. The topological polar surface area (TPSA) is 103 Å². The van der Waals surface area contributed by atoms with Crippen LogP contribution in [-0.2, 0) is 10.9 Å². The zero-order valence-electron chi connectivity index (χ0n) is 16.4. The molecule has 0 bridgehead atoms. The summed E-state index contributed by atoms with van der Waals surface area (Å²) in [5, 5.41) is 39.7. The second kappa shape index (κ2) is 8.60. The van der Waals surface area contributed by atoms with Gasteiger partial charge in [0.15, 0.2) is 0 Å². The van der Waals surface area contributed by atoms with Gasteiger partial charge in [0.1, 0.15) is 24.4 Å². The zero-order valence-corrected chi connectivity index (χ0v) is 16.4. The second-order valence-electron chi connectivity index (χ2n) is 7.58. The van der Waals surface area contributed by atoms with Crippen molar-refractivity contribution >= 4 is 0 Å². The molecule has 1 saturated heterocycles. The van der Waals surface area contributed by atoms with Crippen LogP contribution in [0.15, 0.2) is 36.5 Å². The predicted molar refractivity (Wildman–Crippen MR) is 102 cm³/mol. The largest absolute Gasteiger partial charge is 0.417 e. The molecule has 6 atom stereocenters. The van der Waals surface area contributed by atoms with E-state index in [1.54, 1.807) is 25.1 Å². The lowest BCUT2D eigenvalue weighted by molar-refractivity contribution is -0.233. The highest BCUT2D eigenvalue weighted by molar-refractivity contribution is 5.61. The smallest absolute Gasteiger partial charge is 0.394 e. The van der Waals surface area contributed by atoms with Crippen LogP contribution in [0.4, 0.5) is 13.2 Å². The van der Waals surface area contributed by atoms with E-state index in [4.69, 9.17) is 4.74 Å². The maximum Gasteiger partial charge on any atom is 0.417 e. The van der Waals surface area contributed by atoms with Crippen molar-refractivity contribution in [1.82, 2.24) is 4.98 Å². The summed E-state index contributed by atoms with van der Waals surface area (Å²) in [6.07, 6.45) is -9.77. The van der Waals surface area contributed by atoms with E-state index in [0.717, 1.165) is 23.4 Å². The minimum absolute atomic E-state index is 0.387. The third-order valence-corrected chi connectivity index (χ3v) is 5.57. The van der Waals surface area contributed by atoms with Gasteiger partial charge in [0.2, 0.25) is 0 Å². The Hall–Kier alpha value is -2.04. The Kier molecular flexibility index (Phi) is 6.49. The number of aliphatic hydroxyl groups excluding tert-OH is 4. The van der Waals surface area contributed by atoms with Crippen LogP contribution in [0.1, 0.15) is 29.5 Å². The fourth-order valence-electron chi connectivity index (χ4n) is 3.80. The van der Waals surface area contributed by atoms with Crippen molar-refractivity contribution < 1.29 is 38.3 Å². The fraction of sp³-hybridized carbons (Fsp3) is 0.476. The Bertz CT molecular complexity index is 872. The lowest BCUT2D eigenvalue weighted by atomic mass is 9.83. The average molecular weight is 427 g/mol. The molecule has 164 valence electrons. The quantitative estimate of drug-likeness (QED) is 0.596. The number of alkyl halides is 3. The first kappa shape index (κ1) is 22.6. The van der Waals surface area contributed by atoms with Crippen molar-refractivity contribution in [3.8, 4) is 11.3 Å². The van der Waals surface area contributed by atoms with Crippen LogP contribution in [-0.4, -0.2) is 62.5 Å². The van der Waals surface area contributed by atoms with Gasteiger partial charge in [-0.1, -0.05) is 19.1 Å². The van der Waals surface area contributed by atoms with Crippen molar-refractivity contribution in [3.05, 3.63) is 53.2 Å². The normalized spacial score (nSPS) is 28.4. The van der Waals surface area contributed by atoms with Crippen LogP contribution < -0.4 is 0 Å². The van der Waals surface area contributed by atoms with E-state index in [1.165, 1.54) is 6.07 Å². The molecule has 0 amide bonds. The Morgan fingerprint density at radius 2 is 1.77 bits per heavy atom. The number of aryl methyl sites for hydroxylation is 1. The SMILES string of the molecule is Cc1cc(-c2ccc(C(F)(F)F)cn2)ccc1[C@@H](C)[C@H]1O[C@H](CO)[C@@H](O)[C@H](O)[C@@H]1O. The van der Waals surface area contributed by atoms with E-state index in [9.17, 15) is 33.6 Å². The highest BCUT2D eigenvalue weighted by Crippen LogP contribution is 2.35. The number of rotatable bonds is 4. The van der Waals surface area contributed by atoms with E-state index in [1.807, 2.05) is 6.92 Å². The predicted octanol–water partition coefficient (Wildman–Crippen LogP) is 2.02. The summed E-state index contributed by atoms with van der Waals surface area (Å²) in [4.78, 5) is 3.90. The molecule has 3 rings (SSSR count). The van der Waals surface area contributed by atoms with Crippen LogP contribution in [0.25, 0.3) is 11.3 Å². The molecule has 1 aromatic heterocycles. The van der Waals surface area contributed by atoms with Gasteiger partial charge in [-0.25, -0.2) is 0 Å². The summed E-state index contributed by atoms with van der Waals surface area (Å²) in [7, 11) is 0. The van der Waals surface area contributed by atoms with Crippen molar-refractivity contribution in [1.29, 1.82) is 0 Å². The van der Waals surface area contributed by atoms with Crippen LogP contribution >= 0.6 is 0 Å². The first-order valence-electron chi connectivity index (χ1n) is 9.49. The van der Waals surface area contributed by atoms with Crippen LogP contribution in [0.2, 0.25) is 0 Å². The molecule has 0 aliphatic carbocycles. The summed E-state index contributed by atoms with van der Waals surface area (Å²) in [6.45, 7) is 3.08. The number of hydrogen-bond acceptors (Lipinski definition) is 6. The molecule has 0 radical (unpaired) electrons. The van der Waals surface area contributed by atoms with E-state index in [0.29, 0.717) is 11.3 Å². The van der Waals surface area contributed by atoms with E-state index in [-0.39, 0.29) is 0 Å². The molecule has 9 heteroatoms. The zero-order chi connectivity index (χ0) is 22.2. The minimum Gasteiger partial charge on any atom is -0.394 e. The highest BCUT2D eigenvalue weighted by atomic mass is 19.4. The van der Waals surface area contributed by atoms with E-state index < -0.39 is 54.8 Å². The first-order valence-corrected chi connectivity index (χ1v) is 9.49. The minimum atomic E-state index is -4.45. The van der Waals surface area contributed by atoms with Gasteiger partial charge < -0.3 is 25.2 Å². The number of hydrogen-bond donors (Lipinski definition) is 4. The number of aliphatic hydroxyl groups is 4. The number of aromatic nitrogens is 1. The monoisotopic (exact) mass is 427 g/mol. The number of pyridine rings is 1. The Labute approximate surface area is 171 Å².